The number of benzene rings is 1. The van der Waals surface area contributed by atoms with Gasteiger partial charge in [0.25, 0.3) is 0 Å². The molecule has 1 aliphatic rings. The molecule has 28 heavy (non-hydrogen) atoms. The highest BCUT2D eigenvalue weighted by molar-refractivity contribution is 7.88. The van der Waals surface area contributed by atoms with Gasteiger partial charge in [-0.2, -0.15) is 13.2 Å². The number of hydrogen-bond donors (Lipinski definition) is 1. The zero-order valence-corrected chi connectivity index (χ0v) is 16.8. The molecule has 0 bridgehead atoms. The number of carbonyl (C=O) groups is 1. The van der Waals surface area contributed by atoms with Crippen molar-refractivity contribution in [2.45, 2.75) is 37.9 Å². The summed E-state index contributed by atoms with van der Waals surface area (Å²) < 4.78 is 63.4. The molecule has 1 aromatic heterocycles. The van der Waals surface area contributed by atoms with Gasteiger partial charge in [-0.25, -0.2) is 17.7 Å². The van der Waals surface area contributed by atoms with E-state index >= 15 is 0 Å². The Bertz CT molecular complexity index is 965. The molecule has 1 fully saturated rings. The summed E-state index contributed by atoms with van der Waals surface area (Å²) in [6.45, 7) is 0.756. The average molecular weight is 435 g/mol. The Labute approximate surface area is 164 Å². The number of halogens is 3. The fraction of sp³-hybridized carbons (Fsp3) is 0.529. The largest absolute Gasteiger partial charge is 0.416 e. The first-order valence-electron chi connectivity index (χ1n) is 8.73. The molecule has 1 aromatic carbocycles. The van der Waals surface area contributed by atoms with Crippen molar-refractivity contribution >= 4 is 37.5 Å². The molecule has 0 unspecified atom stereocenters. The van der Waals surface area contributed by atoms with Crippen molar-refractivity contribution in [2.24, 2.45) is 0 Å². The van der Waals surface area contributed by atoms with E-state index in [1.54, 1.807) is 0 Å². The van der Waals surface area contributed by atoms with Gasteiger partial charge in [0.2, 0.25) is 15.9 Å². The van der Waals surface area contributed by atoms with E-state index in [0.717, 1.165) is 12.1 Å². The van der Waals surface area contributed by atoms with Crippen molar-refractivity contribution in [2.75, 3.05) is 19.3 Å². The van der Waals surface area contributed by atoms with Crippen LogP contribution in [-0.2, 0) is 27.4 Å². The van der Waals surface area contributed by atoms with Crippen LogP contribution < -0.4 is 5.32 Å². The van der Waals surface area contributed by atoms with Crippen molar-refractivity contribution in [1.82, 2.24) is 14.6 Å². The van der Waals surface area contributed by atoms with Crippen molar-refractivity contribution in [1.29, 1.82) is 0 Å². The minimum absolute atomic E-state index is 0.0739. The number of thiazole rings is 1. The maximum Gasteiger partial charge on any atom is 0.416 e. The van der Waals surface area contributed by atoms with E-state index in [1.165, 1.54) is 28.0 Å². The molecule has 2 heterocycles. The van der Waals surface area contributed by atoms with Gasteiger partial charge >= 0.3 is 6.18 Å². The molecule has 0 atom stereocenters. The topological polar surface area (TPSA) is 79.4 Å². The van der Waals surface area contributed by atoms with Gasteiger partial charge < -0.3 is 5.32 Å². The Balaban J connectivity index is 1.52. The van der Waals surface area contributed by atoms with E-state index in [9.17, 15) is 26.4 Å². The van der Waals surface area contributed by atoms with Gasteiger partial charge in [-0.05, 0) is 31.0 Å². The molecule has 11 heteroatoms. The molecule has 1 N–H and O–H groups in total. The first-order valence-corrected chi connectivity index (χ1v) is 11.4. The second-order valence-corrected chi connectivity index (χ2v) is 9.89. The number of nitrogens with zero attached hydrogens (tertiary/aromatic N) is 2. The van der Waals surface area contributed by atoms with Crippen LogP contribution in [0, 0.1) is 0 Å². The lowest BCUT2D eigenvalue weighted by Gasteiger charge is -2.30. The number of amides is 1. The number of aromatic nitrogens is 1. The SMILES string of the molecule is CS(=O)(=O)N1CCC(NC(=O)CCc2nc3cc(C(F)(F)F)ccc3s2)CC1. The standard InChI is InChI=1S/C17H20F3N3O3S2/c1-28(25,26)23-8-6-12(7-9-23)21-15(24)4-5-16-22-13-10-11(17(18,19)20)2-3-14(13)27-16/h2-3,10,12H,4-9H2,1H3,(H,21,24). The first-order chi connectivity index (χ1) is 13.0. The molecular formula is C17H20F3N3O3S2. The highest BCUT2D eigenvalue weighted by Gasteiger charge is 2.31. The minimum Gasteiger partial charge on any atom is -0.353 e. The second-order valence-electron chi connectivity index (χ2n) is 6.79. The summed E-state index contributed by atoms with van der Waals surface area (Å²) in [4.78, 5) is 16.4. The van der Waals surface area contributed by atoms with E-state index < -0.39 is 21.8 Å². The van der Waals surface area contributed by atoms with E-state index in [2.05, 4.69) is 10.3 Å². The van der Waals surface area contributed by atoms with Crippen LogP contribution in [0.4, 0.5) is 13.2 Å². The Kier molecular flexibility index (Phi) is 5.97. The summed E-state index contributed by atoms with van der Waals surface area (Å²) in [5.74, 6) is -0.173. The number of alkyl halides is 3. The van der Waals surface area contributed by atoms with Crippen LogP contribution in [0.2, 0.25) is 0 Å². The van der Waals surface area contributed by atoms with E-state index in [1.807, 2.05) is 0 Å². The second kappa shape index (κ2) is 7.96. The van der Waals surface area contributed by atoms with Crippen LogP contribution in [0.15, 0.2) is 18.2 Å². The molecule has 1 saturated heterocycles. The number of fused-ring (bicyclic) bond motifs is 1. The van der Waals surface area contributed by atoms with E-state index in [-0.39, 0.29) is 23.9 Å². The molecule has 0 aliphatic carbocycles. The molecule has 0 saturated carbocycles. The Hall–Kier alpha value is -1.72. The van der Waals surface area contributed by atoms with Gasteiger partial charge in [0.15, 0.2) is 0 Å². The van der Waals surface area contributed by atoms with Crippen molar-refractivity contribution in [3.05, 3.63) is 28.8 Å². The fourth-order valence-corrected chi connectivity index (χ4v) is 4.93. The molecule has 1 amide bonds. The smallest absolute Gasteiger partial charge is 0.353 e. The van der Waals surface area contributed by atoms with Crippen LogP contribution in [0.3, 0.4) is 0 Å². The molecule has 0 radical (unpaired) electrons. The lowest BCUT2D eigenvalue weighted by Crippen LogP contribution is -2.46. The summed E-state index contributed by atoms with van der Waals surface area (Å²) in [6.07, 6.45) is -1.61. The number of carbonyl (C=O) groups excluding carboxylic acids is 1. The lowest BCUT2D eigenvalue weighted by atomic mass is 10.1. The molecule has 3 rings (SSSR count). The third-order valence-corrected chi connectivity index (χ3v) is 7.01. The summed E-state index contributed by atoms with van der Waals surface area (Å²) >= 11 is 1.28. The average Bonchev–Trinajstić information content (AvgIpc) is 3.01. The maximum atomic E-state index is 12.8. The molecule has 6 nitrogen and oxygen atoms in total. The number of sulfonamides is 1. The quantitative estimate of drug-likeness (QED) is 0.783. The van der Waals surface area contributed by atoms with Crippen molar-refractivity contribution < 1.29 is 26.4 Å². The van der Waals surface area contributed by atoms with Gasteiger partial charge in [0, 0.05) is 32.0 Å². The summed E-state index contributed by atoms with van der Waals surface area (Å²) in [5.41, 5.74) is -0.460. The maximum absolute atomic E-state index is 12.8. The lowest BCUT2D eigenvalue weighted by molar-refractivity contribution is -0.137. The van der Waals surface area contributed by atoms with Crippen molar-refractivity contribution in [3.8, 4) is 0 Å². The molecule has 154 valence electrons. The minimum atomic E-state index is -4.41. The fourth-order valence-electron chi connectivity index (χ4n) is 3.11. The first kappa shape index (κ1) is 21.0. The van der Waals surface area contributed by atoms with E-state index in [0.29, 0.717) is 42.1 Å². The zero-order chi connectivity index (χ0) is 20.5. The van der Waals surface area contributed by atoms with Crippen molar-refractivity contribution in [3.63, 3.8) is 0 Å². The normalized spacial score (nSPS) is 17.1. The highest BCUT2D eigenvalue weighted by Crippen LogP contribution is 2.33. The summed E-state index contributed by atoms with van der Waals surface area (Å²) in [5, 5.41) is 3.50. The van der Waals surface area contributed by atoms with Crippen LogP contribution in [-0.4, -0.2) is 49.0 Å². The van der Waals surface area contributed by atoms with Gasteiger partial charge in [-0.15, -0.1) is 11.3 Å². The Morgan fingerprint density at radius 2 is 2.00 bits per heavy atom. The monoisotopic (exact) mass is 435 g/mol. The van der Waals surface area contributed by atoms with Gasteiger partial charge in [-0.1, -0.05) is 0 Å². The van der Waals surface area contributed by atoms with Gasteiger partial charge in [0.05, 0.1) is 27.0 Å². The third-order valence-electron chi connectivity index (χ3n) is 4.61. The number of nitrogens with one attached hydrogen (secondary N) is 1. The molecule has 1 aliphatic heterocycles. The zero-order valence-electron chi connectivity index (χ0n) is 15.1. The summed E-state index contributed by atoms with van der Waals surface area (Å²) in [6, 6.07) is 3.37. The predicted molar refractivity (Wildman–Crippen MR) is 101 cm³/mol. The van der Waals surface area contributed by atoms with Crippen LogP contribution in [0.1, 0.15) is 29.8 Å². The Morgan fingerprint density at radius 3 is 2.61 bits per heavy atom. The number of piperidine rings is 1. The summed E-state index contributed by atoms with van der Waals surface area (Å²) in [7, 11) is -3.21. The van der Waals surface area contributed by atoms with Crippen LogP contribution in [0.25, 0.3) is 10.2 Å². The van der Waals surface area contributed by atoms with Crippen LogP contribution >= 0.6 is 11.3 Å². The molecule has 2 aromatic rings. The predicted octanol–water partition coefficient (Wildman–Crippen LogP) is 2.79. The van der Waals surface area contributed by atoms with Gasteiger partial charge in [-0.3, -0.25) is 4.79 Å². The van der Waals surface area contributed by atoms with E-state index in [4.69, 9.17) is 0 Å². The number of hydrogen-bond acceptors (Lipinski definition) is 5. The number of aryl methyl sites for hydroxylation is 1. The van der Waals surface area contributed by atoms with Crippen LogP contribution in [0.5, 0.6) is 0 Å². The van der Waals surface area contributed by atoms with Gasteiger partial charge in [0.1, 0.15) is 0 Å². The highest BCUT2D eigenvalue weighted by atomic mass is 32.2. The molecule has 0 spiro atoms. The number of rotatable bonds is 5. The molecular weight excluding hydrogens is 415 g/mol. The Morgan fingerprint density at radius 1 is 1.32 bits per heavy atom. The third kappa shape index (κ3) is 5.21.